The fourth-order valence-electron chi connectivity index (χ4n) is 1.65. The van der Waals surface area contributed by atoms with Crippen molar-refractivity contribution in [3.8, 4) is 5.75 Å². The quantitative estimate of drug-likeness (QED) is 0.779. The first-order valence-electron chi connectivity index (χ1n) is 5.87. The van der Waals surface area contributed by atoms with Crippen LogP contribution in [0.2, 0.25) is 0 Å². The SMILES string of the molecule is CC(C)(C)c1ccc(OCC2COC2)cc1. The van der Waals surface area contributed by atoms with E-state index in [1.54, 1.807) is 0 Å². The second-order valence-electron chi connectivity index (χ2n) is 5.49. The molecule has 0 bridgehead atoms. The average molecular weight is 220 g/mol. The van der Waals surface area contributed by atoms with Crippen molar-refractivity contribution < 1.29 is 9.47 Å². The molecule has 1 aliphatic rings. The molecule has 0 aromatic heterocycles. The van der Waals surface area contributed by atoms with Crippen LogP contribution >= 0.6 is 0 Å². The van der Waals surface area contributed by atoms with Gasteiger partial charge in [-0.15, -0.1) is 0 Å². The standard InChI is InChI=1S/C14H20O2/c1-14(2,3)12-4-6-13(7-5-12)16-10-11-8-15-9-11/h4-7,11H,8-10H2,1-3H3. The van der Waals surface area contributed by atoms with Gasteiger partial charge >= 0.3 is 0 Å². The van der Waals surface area contributed by atoms with Crippen LogP contribution < -0.4 is 4.74 Å². The second-order valence-corrected chi connectivity index (χ2v) is 5.49. The maximum atomic E-state index is 5.70. The number of benzene rings is 1. The van der Waals surface area contributed by atoms with Gasteiger partial charge in [0.2, 0.25) is 0 Å². The predicted molar refractivity (Wildman–Crippen MR) is 64.9 cm³/mol. The van der Waals surface area contributed by atoms with Crippen LogP contribution in [0.3, 0.4) is 0 Å². The molecular formula is C14H20O2. The molecule has 1 aromatic rings. The Labute approximate surface area is 97.6 Å². The molecule has 0 unspecified atom stereocenters. The summed E-state index contributed by atoms with van der Waals surface area (Å²) in [5.74, 6) is 1.54. The molecule has 88 valence electrons. The molecule has 2 heteroatoms. The van der Waals surface area contributed by atoms with Crippen molar-refractivity contribution >= 4 is 0 Å². The minimum Gasteiger partial charge on any atom is -0.493 e. The summed E-state index contributed by atoms with van der Waals surface area (Å²) in [6.45, 7) is 9.12. The van der Waals surface area contributed by atoms with E-state index < -0.39 is 0 Å². The van der Waals surface area contributed by atoms with E-state index >= 15 is 0 Å². The molecule has 2 rings (SSSR count). The molecule has 0 atom stereocenters. The number of hydrogen-bond donors (Lipinski definition) is 0. The number of ether oxygens (including phenoxy) is 2. The van der Waals surface area contributed by atoms with E-state index in [1.807, 2.05) is 0 Å². The maximum Gasteiger partial charge on any atom is 0.119 e. The van der Waals surface area contributed by atoms with Crippen molar-refractivity contribution in [2.24, 2.45) is 5.92 Å². The van der Waals surface area contributed by atoms with Crippen molar-refractivity contribution in [1.29, 1.82) is 0 Å². The van der Waals surface area contributed by atoms with Crippen LogP contribution in [-0.4, -0.2) is 19.8 Å². The van der Waals surface area contributed by atoms with Crippen LogP contribution in [-0.2, 0) is 10.2 Å². The molecule has 0 spiro atoms. The number of hydrogen-bond acceptors (Lipinski definition) is 2. The van der Waals surface area contributed by atoms with Crippen LogP contribution in [0.4, 0.5) is 0 Å². The lowest BCUT2D eigenvalue weighted by Gasteiger charge is -2.26. The van der Waals surface area contributed by atoms with Crippen molar-refractivity contribution in [2.45, 2.75) is 26.2 Å². The summed E-state index contributed by atoms with van der Waals surface area (Å²) >= 11 is 0. The summed E-state index contributed by atoms with van der Waals surface area (Å²) in [6, 6.07) is 8.40. The van der Waals surface area contributed by atoms with Crippen LogP contribution in [0.15, 0.2) is 24.3 Å². The lowest BCUT2D eigenvalue weighted by atomic mass is 9.87. The third-order valence-corrected chi connectivity index (χ3v) is 2.91. The molecule has 0 aliphatic carbocycles. The van der Waals surface area contributed by atoms with E-state index in [9.17, 15) is 0 Å². The van der Waals surface area contributed by atoms with Gasteiger partial charge in [0, 0.05) is 5.92 Å². The van der Waals surface area contributed by atoms with Crippen LogP contribution in [0, 0.1) is 5.92 Å². The molecule has 1 aliphatic heterocycles. The van der Waals surface area contributed by atoms with Gasteiger partial charge in [-0.25, -0.2) is 0 Å². The van der Waals surface area contributed by atoms with Crippen molar-refractivity contribution in [2.75, 3.05) is 19.8 Å². The summed E-state index contributed by atoms with van der Waals surface area (Å²) in [6.07, 6.45) is 0. The second kappa shape index (κ2) is 4.46. The van der Waals surface area contributed by atoms with Crippen LogP contribution in [0.1, 0.15) is 26.3 Å². The Morgan fingerprint density at radius 3 is 2.25 bits per heavy atom. The molecule has 16 heavy (non-hydrogen) atoms. The van der Waals surface area contributed by atoms with Crippen molar-refractivity contribution in [3.05, 3.63) is 29.8 Å². The summed E-state index contributed by atoms with van der Waals surface area (Å²) in [5, 5.41) is 0. The van der Waals surface area contributed by atoms with Gasteiger partial charge in [0.25, 0.3) is 0 Å². The van der Waals surface area contributed by atoms with Gasteiger partial charge in [-0.1, -0.05) is 32.9 Å². The molecule has 0 radical (unpaired) electrons. The minimum absolute atomic E-state index is 0.209. The molecule has 1 heterocycles. The lowest BCUT2D eigenvalue weighted by Crippen LogP contribution is -2.32. The minimum atomic E-state index is 0.209. The highest BCUT2D eigenvalue weighted by molar-refractivity contribution is 5.31. The largest absolute Gasteiger partial charge is 0.493 e. The fraction of sp³-hybridized carbons (Fsp3) is 0.571. The zero-order valence-electron chi connectivity index (χ0n) is 10.3. The first kappa shape index (κ1) is 11.5. The monoisotopic (exact) mass is 220 g/mol. The maximum absolute atomic E-state index is 5.70. The van der Waals surface area contributed by atoms with Crippen molar-refractivity contribution in [1.82, 2.24) is 0 Å². The zero-order valence-corrected chi connectivity index (χ0v) is 10.3. The Hall–Kier alpha value is -1.02. The lowest BCUT2D eigenvalue weighted by molar-refractivity contribution is -0.0508. The molecule has 0 saturated carbocycles. The highest BCUT2D eigenvalue weighted by Crippen LogP contribution is 2.24. The molecule has 1 aromatic carbocycles. The topological polar surface area (TPSA) is 18.5 Å². The molecule has 0 N–H and O–H groups in total. The van der Waals surface area contributed by atoms with E-state index in [1.165, 1.54) is 5.56 Å². The van der Waals surface area contributed by atoms with Gasteiger partial charge in [0.1, 0.15) is 5.75 Å². The van der Waals surface area contributed by atoms with E-state index in [2.05, 4.69) is 45.0 Å². The van der Waals surface area contributed by atoms with Gasteiger partial charge < -0.3 is 9.47 Å². The Morgan fingerprint density at radius 1 is 1.19 bits per heavy atom. The summed E-state index contributed by atoms with van der Waals surface area (Å²) in [4.78, 5) is 0. The van der Waals surface area contributed by atoms with Crippen LogP contribution in [0.5, 0.6) is 5.75 Å². The van der Waals surface area contributed by atoms with E-state index in [4.69, 9.17) is 9.47 Å². The summed E-state index contributed by atoms with van der Waals surface area (Å²) in [5.41, 5.74) is 1.55. The third kappa shape index (κ3) is 2.76. The Bertz CT molecular complexity index is 331. The molecule has 0 amide bonds. The van der Waals surface area contributed by atoms with Gasteiger partial charge in [-0.2, -0.15) is 0 Å². The third-order valence-electron chi connectivity index (χ3n) is 2.91. The molecule has 1 saturated heterocycles. The van der Waals surface area contributed by atoms with Gasteiger partial charge in [0.05, 0.1) is 19.8 Å². The highest BCUT2D eigenvalue weighted by Gasteiger charge is 2.19. The Balaban J connectivity index is 1.91. The van der Waals surface area contributed by atoms with Gasteiger partial charge in [-0.3, -0.25) is 0 Å². The smallest absolute Gasteiger partial charge is 0.119 e. The van der Waals surface area contributed by atoms with Gasteiger partial charge in [0.15, 0.2) is 0 Å². The zero-order chi connectivity index (χ0) is 11.6. The summed E-state index contributed by atoms with van der Waals surface area (Å²) < 4.78 is 10.8. The van der Waals surface area contributed by atoms with Crippen LogP contribution in [0.25, 0.3) is 0 Å². The first-order chi connectivity index (χ1) is 7.55. The number of rotatable bonds is 3. The van der Waals surface area contributed by atoms with E-state index in [0.29, 0.717) is 5.92 Å². The Kier molecular flexibility index (Phi) is 3.20. The van der Waals surface area contributed by atoms with E-state index in [0.717, 1.165) is 25.6 Å². The summed E-state index contributed by atoms with van der Waals surface area (Å²) in [7, 11) is 0. The van der Waals surface area contributed by atoms with Gasteiger partial charge in [-0.05, 0) is 23.1 Å². The normalized spacial score (nSPS) is 16.9. The highest BCUT2D eigenvalue weighted by atomic mass is 16.5. The average Bonchev–Trinajstić information content (AvgIpc) is 2.15. The first-order valence-corrected chi connectivity index (χ1v) is 5.87. The Morgan fingerprint density at radius 2 is 1.81 bits per heavy atom. The fourth-order valence-corrected chi connectivity index (χ4v) is 1.65. The molecule has 2 nitrogen and oxygen atoms in total. The predicted octanol–water partition coefficient (Wildman–Crippen LogP) is 3.01. The molecular weight excluding hydrogens is 200 g/mol. The van der Waals surface area contributed by atoms with Crippen molar-refractivity contribution in [3.63, 3.8) is 0 Å². The van der Waals surface area contributed by atoms with E-state index in [-0.39, 0.29) is 5.41 Å². The molecule has 1 fully saturated rings.